The highest BCUT2D eigenvalue weighted by molar-refractivity contribution is 6.31. The van der Waals surface area contributed by atoms with Gasteiger partial charge in [0.2, 0.25) is 0 Å². The summed E-state index contributed by atoms with van der Waals surface area (Å²) in [5, 5.41) is 3.61. The molecule has 0 atom stereocenters. The number of benzene rings is 2. The average molecular weight is 294 g/mol. The van der Waals surface area contributed by atoms with Crippen molar-refractivity contribution in [1.29, 1.82) is 0 Å². The number of nitrogens with one attached hydrogen (secondary N) is 1. The normalized spacial score (nSPS) is 10.6. The first-order valence-electron chi connectivity index (χ1n) is 6.41. The van der Waals surface area contributed by atoms with Gasteiger partial charge in [0, 0.05) is 22.7 Å². The number of aryl methyl sites for hydroxylation is 1. The molecule has 0 saturated heterocycles. The molecule has 4 heteroatoms. The Bertz CT molecular complexity index is 601. The van der Waals surface area contributed by atoms with Gasteiger partial charge in [0.1, 0.15) is 18.2 Å². The van der Waals surface area contributed by atoms with Crippen molar-refractivity contribution >= 4 is 11.6 Å². The maximum Gasteiger partial charge on any atom is 0.127 e. The van der Waals surface area contributed by atoms with Crippen LogP contribution < -0.4 is 10.1 Å². The molecule has 2 aromatic carbocycles. The molecule has 0 fully saturated rings. The molecule has 0 radical (unpaired) electrons. The van der Waals surface area contributed by atoms with Gasteiger partial charge in [0.25, 0.3) is 0 Å². The van der Waals surface area contributed by atoms with Gasteiger partial charge < -0.3 is 10.1 Å². The molecule has 2 aromatic rings. The van der Waals surface area contributed by atoms with Crippen LogP contribution in [0.3, 0.4) is 0 Å². The summed E-state index contributed by atoms with van der Waals surface area (Å²) < 4.78 is 19.1. The van der Waals surface area contributed by atoms with Crippen molar-refractivity contribution in [3.63, 3.8) is 0 Å². The topological polar surface area (TPSA) is 21.3 Å². The van der Waals surface area contributed by atoms with E-state index in [-0.39, 0.29) is 12.4 Å². The highest BCUT2D eigenvalue weighted by atomic mass is 35.5. The lowest BCUT2D eigenvalue weighted by Crippen LogP contribution is -2.08. The second-order valence-corrected chi connectivity index (χ2v) is 5.03. The molecule has 0 spiro atoms. The smallest absolute Gasteiger partial charge is 0.127 e. The van der Waals surface area contributed by atoms with Crippen LogP contribution in [-0.4, -0.2) is 7.05 Å². The van der Waals surface area contributed by atoms with Crippen molar-refractivity contribution in [3.05, 3.63) is 63.9 Å². The van der Waals surface area contributed by atoms with E-state index < -0.39 is 0 Å². The molecule has 0 amide bonds. The van der Waals surface area contributed by atoms with Crippen molar-refractivity contribution in [2.45, 2.75) is 20.1 Å². The standard InChI is InChI=1S/C16H17ClFNO/c1-11-4-3-5-12(9-19-2)16(11)20-10-13-8-14(18)6-7-15(13)17/h3-8,19H,9-10H2,1-2H3. The molecule has 1 N–H and O–H groups in total. The highest BCUT2D eigenvalue weighted by Gasteiger charge is 2.08. The molecular weight excluding hydrogens is 277 g/mol. The van der Waals surface area contributed by atoms with Crippen LogP contribution in [0.2, 0.25) is 5.02 Å². The fourth-order valence-electron chi connectivity index (χ4n) is 2.05. The number of hydrogen-bond donors (Lipinski definition) is 1. The second kappa shape index (κ2) is 6.73. The first kappa shape index (κ1) is 14.8. The van der Waals surface area contributed by atoms with Crippen LogP contribution >= 0.6 is 11.6 Å². The molecule has 0 saturated carbocycles. The second-order valence-electron chi connectivity index (χ2n) is 4.62. The quantitative estimate of drug-likeness (QED) is 0.896. The van der Waals surface area contributed by atoms with E-state index in [9.17, 15) is 4.39 Å². The van der Waals surface area contributed by atoms with Crippen LogP contribution in [0.5, 0.6) is 5.75 Å². The van der Waals surface area contributed by atoms with E-state index in [0.717, 1.165) is 16.9 Å². The largest absolute Gasteiger partial charge is 0.488 e. The minimum Gasteiger partial charge on any atom is -0.488 e. The van der Waals surface area contributed by atoms with E-state index in [1.165, 1.54) is 12.1 Å². The Morgan fingerprint density at radius 3 is 2.75 bits per heavy atom. The van der Waals surface area contributed by atoms with Gasteiger partial charge in [-0.15, -0.1) is 0 Å². The summed E-state index contributed by atoms with van der Waals surface area (Å²) >= 11 is 6.04. The van der Waals surface area contributed by atoms with Gasteiger partial charge in [-0.25, -0.2) is 4.39 Å². The van der Waals surface area contributed by atoms with E-state index in [0.29, 0.717) is 17.1 Å². The van der Waals surface area contributed by atoms with Crippen molar-refractivity contribution < 1.29 is 9.13 Å². The lowest BCUT2D eigenvalue weighted by atomic mass is 10.1. The minimum absolute atomic E-state index is 0.248. The zero-order chi connectivity index (χ0) is 14.5. The Labute approximate surface area is 123 Å². The van der Waals surface area contributed by atoms with E-state index >= 15 is 0 Å². The predicted octanol–water partition coefficient (Wildman–Crippen LogP) is 4.09. The Kier molecular flexibility index (Phi) is 4.99. The third-order valence-electron chi connectivity index (χ3n) is 3.04. The number of rotatable bonds is 5. The molecule has 0 heterocycles. The van der Waals surface area contributed by atoms with Gasteiger partial charge in [-0.2, -0.15) is 0 Å². The van der Waals surface area contributed by atoms with Gasteiger partial charge in [-0.05, 0) is 37.7 Å². The van der Waals surface area contributed by atoms with Crippen LogP contribution in [0.1, 0.15) is 16.7 Å². The number of ether oxygens (including phenoxy) is 1. The van der Waals surface area contributed by atoms with Gasteiger partial charge in [-0.3, -0.25) is 0 Å². The van der Waals surface area contributed by atoms with E-state index in [2.05, 4.69) is 5.32 Å². The maximum atomic E-state index is 13.2. The fraction of sp³-hybridized carbons (Fsp3) is 0.250. The predicted molar refractivity (Wildman–Crippen MR) is 79.7 cm³/mol. The van der Waals surface area contributed by atoms with E-state index in [1.54, 1.807) is 6.07 Å². The zero-order valence-electron chi connectivity index (χ0n) is 11.5. The third-order valence-corrected chi connectivity index (χ3v) is 3.41. The van der Waals surface area contributed by atoms with Crippen molar-refractivity contribution in [2.75, 3.05) is 7.05 Å². The molecule has 2 nitrogen and oxygen atoms in total. The van der Waals surface area contributed by atoms with Crippen LogP contribution in [-0.2, 0) is 13.2 Å². The Morgan fingerprint density at radius 2 is 2.00 bits per heavy atom. The molecule has 0 aliphatic rings. The molecule has 2 rings (SSSR count). The first-order chi connectivity index (χ1) is 9.61. The minimum atomic E-state index is -0.312. The lowest BCUT2D eigenvalue weighted by Gasteiger charge is -2.14. The van der Waals surface area contributed by atoms with Crippen LogP contribution in [0.25, 0.3) is 0 Å². The number of para-hydroxylation sites is 1. The molecule has 0 bridgehead atoms. The molecule has 0 aliphatic carbocycles. The van der Waals surface area contributed by atoms with Gasteiger partial charge in [0.05, 0.1) is 0 Å². The lowest BCUT2D eigenvalue weighted by molar-refractivity contribution is 0.299. The van der Waals surface area contributed by atoms with Gasteiger partial charge in [0.15, 0.2) is 0 Å². The molecule has 0 aliphatic heterocycles. The van der Waals surface area contributed by atoms with Crippen LogP contribution in [0, 0.1) is 12.7 Å². The summed E-state index contributed by atoms with van der Waals surface area (Å²) in [4.78, 5) is 0. The van der Waals surface area contributed by atoms with Crippen LogP contribution in [0.4, 0.5) is 4.39 Å². The van der Waals surface area contributed by atoms with E-state index in [4.69, 9.17) is 16.3 Å². The van der Waals surface area contributed by atoms with Crippen molar-refractivity contribution in [1.82, 2.24) is 5.32 Å². The molecule has 20 heavy (non-hydrogen) atoms. The van der Waals surface area contributed by atoms with Crippen molar-refractivity contribution in [3.8, 4) is 5.75 Å². The fourth-order valence-corrected chi connectivity index (χ4v) is 2.23. The maximum absolute atomic E-state index is 13.2. The summed E-state index contributed by atoms with van der Waals surface area (Å²) in [6.45, 7) is 2.95. The van der Waals surface area contributed by atoms with Gasteiger partial charge in [-0.1, -0.05) is 29.8 Å². The third kappa shape index (κ3) is 3.50. The average Bonchev–Trinajstić information content (AvgIpc) is 2.42. The summed E-state index contributed by atoms with van der Waals surface area (Å²) in [5.41, 5.74) is 2.76. The first-order valence-corrected chi connectivity index (χ1v) is 6.79. The zero-order valence-corrected chi connectivity index (χ0v) is 12.3. The highest BCUT2D eigenvalue weighted by Crippen LogP contribution is 2.26. The van der Waals surface area contributed by atoms with Crippen LogP contribution in [0.15, 0.2) is 36.4 Å². The Balaban J connectivity index is 2.20. The monoisotopic (exact) mass is 293 g/mol. The number of hydrogen-bond acceptors (Lipinski definition) is 2. The summed E-state index contributed by atoms with van der Waals surface area (Å²) in [7, 11) is 1.88. The Hall–Kier alpha value is -1.58. The molecule has 0 unspecified atom stereocenters. The summed E-state index contributed by atoms with van der Waals surface area (Å²) in [5.74, 6) is 0.510. The molecular formula is C16H17ClFNO. The van der Waals surface area contributed by atoms with E-state index in [1.807, 2.05) is 32.2 Å². The Morgan fingerprint density at radius 1 is 1.20 bits per heavy atom. The SMILES string of the molecule is CNCc1cccc(C)c1OCc1cc(F)ccc1Cl. The molecule has 106 valence electrons. The number of halogens is 2. The molecule has 0 aromatic heterocycles. The van der Waals surface area contributed by atoms with Crippen molar-refractivity contribution in [2.24, 2.45) is 0 Å². The van der Waals surface area contributed by atoms with Gasteiger partial charge >= 0.3 is 0 Å². The summed E-state index contributed by atoms with van der Waals surface area (Å²) in [6, 6.07) is 10.3. The summed E-state index contributed by atoms with van der Waals surface area (Å²) in [6.07, 6.45) is 0.